The van der Waals surface area contributed by atoms with E-state index in [1.165, 1.54) is 17.7 Å². The number of fused-ring (bicyclic) bond motifs is 2. The lowest BCUT2D eigenvalue weighted by Crippen LogP contribution is -2.42. The summed E-state index contributed by atoms with van der Waals surface area (Å²) in [7, 11) is 2.22. The molecule has 2 nitrogen and oxygen atoms in total. The highest BCUT2D eigenvalue weighted by molar-refractivity contribution is 7.10. The van der Waals surface area contributed by atoms with Gasteiger partial charge in [-0.3, -0.25) is 4.79 Å². The summed E-state index contributed by atoms with van der Waals surface area (Å²) in [6.45, 7) is 2.07. The van der Waals surface area contributed by atoms with Crippen molar-refractivity contribution in [3.8, 4) is 0 Å². The van der Waals surface area contributed by atoms with Crippen molar-refractivity contribution in [3.63, 3.8) is 0 Å². The minimum Gasteiger partial charge on any atom is -0.300 e. The molecule has 2 aliphatic rings. The summed E-state index contributed by atoms with van der Waals surface area (Å²) in [5.41, 5.74) is 0.946. The van der Waals surface area contributed by atoms with Gasteiger partial charge >= 0.3 is 0 Å². The Morgan fingerprint density at radius 1 is 1.35 bits per heavy atom. The van der Waals surface area contributed by atoms with Crippen molar-refractivity contribution in [2.75, 3.05) is 7.05 Å². The Hall–Kier alpha value is -0.670. The molecule has 0 aliphatic carbocycles. The minimum atomic E-state index is 0.276. The van der Waals surface area contributed by atoms with E-state index in [2.05, 4.69) is 18.9 Å². The molecule has 2 atom stereocenters. The maximum absolute atomic E-state index is 12.4. The standard InChI is InChI=1S/C14H19NOS/c1-9-5-11(8-17-9)14(16)10-6-12-3-4-13(7-10)15(12)2/h5,8,10,12-13H,3-4,6-7H2,1-2H3. The fourth-order valence-corrected chi connectivity index (χ4v) is 4.13. The summed E-state index contributed by atoms with van der Waals surface area (Å²) in [5.74, 6) is 0.664. The van der Waals surface area contributed by atoms with Crippen molar-refractivity contribution in [3.05, 3.63) is 21.9 Å². The number of carbonyl (C=O) groups excluding carboxylic acids is 1. The van der Waals surface area contributed by atoms with E-state index in [9.17, 15) is 4.79 Å². The van der Waals surface area contributed by atoms with Gasteiger partial charge in [0.2, 0.25) is 0 Å². The van der Waals surface area contributed by atoms with Crippen LogP contribution in [0.5, 0.6) is 0 Å². The van der Waals surface area contributed by atoms with Crippen LogP contribution in [0.15, 0.2) is 11.4 Å². The van der Waals surface area contributed by atoms with Gasteiger partial charge in [0.1, 0.15) is 0 Å². The van der Waals surface area contributed by atoms with Crippen LogP contribution in [-0.4, -0.2) is 29.8 Å². The molecule has 0 spiro atoms. The van der Waals surface area contributed by atoms with Crippen LogP contribution in [0.3, 0.4) is 0 Å². The van der Waals surface area contributed by atoms with Gasteiger partial charge in [0.25, 0.3) is 0 Å². The zero-order valence-electron chi connectivity index (χ0n) is 10.5. The highest BCUT2D eigenvalue weighted by Gasteiger charge is 2.40. The number of ketones is 1. The number of hydrogen-bond donors (Lipinski definition) is 0. The molecule has 2 fully saturated rings. The molecule has 17 heavy (non-hydrogen) atoms. The SMILES string of the molecule is Cc1cc(C(=O)C2CC3CCC(C2)N3C)cs1. The summed E-state index contributed by atoms with van der Waals surface area (Å²) < 4.78 is 0. The first-order chi connectivity index (χ1) is 8.15. The van der Waals surface area contributed by atoms with Gasteiger partial charge < -0.3 is 4.90 Å². The van der Waals surface area contributed by atoms with Gasteiger partial charge in [-0.1, -0.05) is 0 Å². The minimum absolute atomic E-state index is 0.276. The van der Waals surface area contributed by atoms with Crippen molar-refractivity contribution in [1.82, 2.24) is 4.90 Å². The van der Waals surface area contributed by atoms with E-state index in [4.69, 9.17) is 0 Å². The Morgan fingerprint density at radius 2 is 2.00 bits per heavy atom. The quantitative estimate of drug-likeness (QED) is 0.751. The molecule has 2 aliphatic heterocycles. The van der Waals surface area contributed by atoms with Crippen molar-refractivity contribution in [2.24, 2.45) is 5.92 Å². The predicted octanol–water partition coefficient (Wildman–Crippen LogP) is 3.11. The molecule has 2 unspecified atom stereocenters. The van der Waals surface area contributed by atoms with Crippen molar-refractivity contribution in [1.29, 1.82) is 0 Å². The van der Waals surface area contributed by atoms with Crippen molar-refractivity contribution in [2.45, 2.75) is 44.7 Å². The number of aryl methyl sites for hydroxylation is 1. The van der Waals surface area contributed by atoms with Gasteiger partial charge in [-0.2, -0.15) is 0 Å². The number of rotatable bonds is 2. The van der Waals surface area contributed by atoms with Crippen LogP contribution < -0.4 is 0 Å². The molecular formula is C14H19NOS. The topological polar surface area (TPSA) is 20.3 Å². The second kappa shape index (κ2) is 4.21. The third-order valence-electron chi connectivity index (χ3n) is 4.48. The molecule has 0 saturated carbocycles. The Bertz CT molecular complexity index is 425. The summed E-state index contributed by atoms with van der Waals surface area (Å²) in [6.07, 6.45) is 4.71. The highest BCUT2D eigenvalue weighted by atomic mass is 32.1. The second-order valence-corrected chi connectivity index (χ2v) is 6.64. The summed E-state index contributed by atoms with van der Waals surface area (Å²) in [6, 6.07) is 3.36. The first-order valence-electron chi connectivity index (χ1n) is 6.46. The zero-order valence-corrected chi connectivity index (χ0v) is 11.3. The molecule has 2 saturated heterocycles. The Labute approximate surface area is 107 Å². The van der Waals surface area contributed by atoms with E-state index >= 15 is 0 Å². The molecule has 0 aromatic carbocycles. The lowest BCUT2D eigenvalue weighted by molar-refractivity contribution is 0.0767. The Morgan fingerprint density at radius 3 is 2.53 bits per heavy atom. The molecule has 92 valence electrons. The number of thiophene rings is 1. The average Bonchev–Trinajstić information content (AvgIpc) is 2.79. The molecular weight excluding hydrogens is 230 g/mol. The lowest BCUT2D eigenvalue weighted by Gasteiger charge is -2.35. The Kier molecular flexibility index (Phi) is 2.83. The van der Waals surface area contributed by atoms with Gasteiger partial charge in [-0.15, -0.1) is 11.3 Å². The summed E-state index contributed by atoms with van der Waals surface area (Å²) >= 11 is 1.68. The van der Waals surface area contributed by atoms with Gasteiger partial charge in [-0.05, 0) is 45.7 Å². The monoisotopic (exact) mass is 249 g/mol. The molecule has 0 amide bonds. The molecule has 1 aromatic rings. The van der Waals surface area contributed by atoms with Crippen LogP contribution in [0.2, 0.25) is 0 Å². The number of hydrogen-bond acceptors (Lipinski definition) is 3. The van der Waals surface area contributed by atoms with Gasteiger partial charge in [0.15, 0.2) is 5.78 Å². The predicted molar refractivity (Wildman–Crippen MR) is 70.7 cm³/mol. The number of piperidine rings is 1. The van der Waals surface area contributed by atoms with E-state index in [1.54, 1.807) is 11.3 Å². The molecule has 3 heterocycles. The van der Waals surface area contributed by atoms with Gasteiger partial charge in [0, 0.05) is 33.8 Å². The average molecular weight is 249 g/mol. The zero-order chi connectivity index (χ0) is 12.0. The molecule has 0 radical (unpaired) electrons. The smallest absolute Gasteiger partial charge is 0.166 e. The number of Topliss-reactive ketones (excluding diaryl/α,β-unsaturated/α-hetero) is 1. The molecule has 3 rings (SSSR count). The lowest BCUT2D eigenvalue weighted by atomic mass is 9.85. The fraction of sp³-hybridized carbons (Fsp3) is 0.643. The van der Waals surface area contributed by atoms with Crippen LogP contribution in [0, 0.1) is 12.8 Å². The maximum Gasteiger partial charge on any atom is 0.166 e. The molecule has 2 bridgehead atoms. The van der Waals surface area contributed by atoms with Crippen LogP contribution in [0.4, 0.5) is 0 Å². The highest BCUT2D eigenvalue weighted by Crippen LogP contribution is 2.38. The van der Waals surface area contributed by atoms with Gasteiger partial charge in [0.05, 0.1) is 0 Å². The largest absolute Gasteiger partial charge is 0.300 e. The third kappa shape index (κ3) is 1.95. The summed E-state index contributed by atoms with van der Waals surface area (Å²) in [4.78, 5) is 16.2. The van der Waals surface area contributed by atoms with Crippen LogP contribution in [0.25, 0.3) is 0 Å². The molecule has 3 heteroatoms. The third-order valence-corrected chi connectivity index (χ3v) is 5.35. The van der Waals surface area contributed by atoms with Crippen molar-refractivity contribution >= 4 is 17.1 Å². The summed E-state index contributed by atoms with van der Waals surface area (Å²) in [5, 5.41) is 2.03. The first-order valence-corrected chi connectivity index (χ1v) is 7.34. The fourth-order valence-electron chi connectivity index (χ4n) is 3.43. The van der Waals surface area contributed by atoms with E-state index in [0.717, 1.165) is 18.4 Å². The van der Waals surface area contributed by atoms with E-state index < -0.39 is 0 Å². The van der Waals surface area contributed by atoms with E-state index in [1.807, 2.05) is 11.4 Å². The Balaban J connectivity index is 1.76. The number of nitrogens with zero attached hydrogens (tertiary/aromatic N) is 1. The molecule has 0 N–H and O–H groups in total. The van der Waals surface area contributed by atoms with Crippen LogP contribution >= 0.6 is 11.3 Å². The first kappa shape index (κ1) is 11.4. The van der Waals surface area contributed by atoms with Crippen molar-refractivity contribution < 1.29 is 4.79 Å². The molecule has 1 aromatic heterocycles. The van der Waals surface area contributed by atoms with Gasteiger partial charge in [-0.25, -0.2) is 0 Å². The number of carbonyl (C=O) groups is 1. The van der Waals surface area contributed by atoms with Crippen LogP contribution in [-0.2, 0) is 0 Å². The maximum atomic E-state index is 12.4. The van der Waals surface area contributed by atoms with E-state index in [0.29, 0.717) is 17.9 Å². The second-order valence-electron chi connectivity index (χ2n) is 5.53. The van der Waals surface area contributed by atoms with Crippen LogP contribution in [0.1, 0.15) is 40.9 Å². The normalized spacial score (nSPS) is 32.9. The van der Waals surface area contributed by atoms with E-state index in [-0.39, 0.29) is 5.92 Å².